The van der Waals surface area contributed by atoms with Gasteiger partial charge < -0.3 is 14.6 Å². The number of ether oxygens (including phenoxy) is 2. The molecule has 0 aliphatic carbocycles. The summed E-state index contributed by atoms with van der Waals surface area (Å²) >= 11 is 0. The Morgan fingerprint density at radius 2 is 0.690 bits per heavy atom. The van der Waals surface area contributed by atoms with E-state index in [2.05, 4.69) is 74.6 Å². The van der Waals surface area contributed by atoms with Gasteiger partial charge >= 0.3 is 11.9 Å². The van der Waals surface area contributed by atoms with Crippen molar-refractivity contribution >= 4 is 11.9 Å². The SMILES string of the molecule is CCCCCCC/C=C\C/C=C\C/C=C\CCCCCCCCCCC(=O)OC(CO)COC(=O)CCCCCCCCCCC/C=C\C/C=C\CCCCCCC. The van der Waals surface area contributed by atoms with Crippen molar-refractivity contribution in [2.45, 2.75) is 251 Å². The second kappa shape index (κ2) is 49.0. The third kappa shape index (κ3) is 46.3. The highest BCUT2D eigenvalue weighted by molar-refractivity contribution is 5.70. The van der Waals surface area contributed by atoms with Gasteiger partial charge in [0.25, 0.3) is 0 Å². The van der Waals surface area contributed by atoms with Crippen LogP contribution in [0.4, 0.5) is 0 Å². The lowest BCUT2D eigenvalue weighted by Crippen LogP contribution is -2.28. The number of hydrogen-bond acceptors (Lipinski definition) is 5. The van der Waals surface area contributed by atoms with Crippen molar-refractivity contribution in [1.29, 1.82) is 0 Å². The van der Waals surface area contributed by atoms with E-state index in [0.717, 1.165) is 57.8 Å². The second-order valence-electron chi connectivity index (χ2n) is 16.5. The molecule has 0 rings (SSSR count). The predicted octanol–water partition coefficient (Wildman–Crippen LogP) is 16.3. The van der Waals surface area contributed by atoms with E-state index in [1.807, 2.05) is 0 Å². The molecular weight excluding hydrogens is 717 g/mol. The molecule has 0 aromatic carbocycles. The summed E-state index contributed by atoms with van der Waals surface area (Å²) in [6, 6.07) is 0. The standard InChI is InChI=1S/C53H94O5/c1-3-5-7-9-11-13-15-17-19-21-23-25-26-28-30-32-34-36-38-40-42-44-46-48-53(56)58-51(49-54)50-57-52(55)47-45-43-41-39-37-35-33-31-29-27-24-22-20-18-16-14-12-10-8-6-4-2/h15-18,21-24,26,28,51,54H,3-14,19-20,25,27,29-50H2,1-2H3/b17-15-,18-16-,23-21-,24-22-,28-26-. The van der Waals surface area contributed by atoms with E-state index in [9.17, 15) is 14.7 Å². The minimum atomic E-state index is -0.780. The van der Waals surface area contributed by atoms with Crippen molar-refractivity contribution < 1.29 is 24.2 Å². The fourth-order valence-corrected chi connectivity index (χ4v) is 7.00. The van der Waals surface area contributed by atoms with E-state index in [0.29, 0.717) is 12.8 Å². The topological polar surface area (TPSA) is 72.8 Å². The van der Waals surface area contributed by atoms with Gasteiger partial charge in [0.15, 0.2) is 6.10 Å². The fraction of sp³-hybridized carbons (Fsp3) is 0.774. The van der Waals surface area contributed by atoms with Gasteiger partial charge in [-0.15, -0.1) is 0 Å². The summed E-state index contributed by atoms with van der Waals surface area (Å²) in [7, 11) is 0. The summed E-state index contributed by atoms with van der Waals surface area (Å²) in [4.78, 5) is 24.4. The quantitative estimate of drug-likeness (QED) is 0.0377. The van der Waals surface area contributed by atoms with E-state index in [1.54, 1.807) is 0 Å². The van der Waals surface area contributed by atoms with E-state index < -0.39 is 6.10 Å². The average Bonchev–Trinajstić information content (AvgIpc) is 3.23. The Bertz CT molecular complexity index is 1010. The Hall–Kier alpha value is -2.40. The van der Waals surface area contributed by atoms with Crippen molar-refractivity contribution in [2.75, 3.05) is 13.2 Å². The maximum absolute atomic E-state index is 12.3. The molecular formula is C53H94O5. The van der Waals surface area contributed by atoms with Crippen LogP contribution in [0.5, 0.6) is 0 Å². The Balaban J connectivity index is 3.55. The van der Waals surface area contributed by atoms with Gasteiger partial charge in [-0.05, 0) is 83.5 Å². The Morgan fingerprint density at radius 3 is 1.03 bits per heavy atom. The van der Waals surface area contributed by atoms with Crippen molar-refractivity contribution in [3.8, 4) is 0 Å². The molecule has 1 atom stereocenters. The lowest BCUT2D eigenvalue weighted by Gasteiger charge is -2.15. The minimum absolute atomic E-state index is 0.0722. The number of hydrogen-bond donors (Lipinski definition) is 1. The lowest BCUT2D eigenvalue weighted by atomic mass is 10.1. The first-order valence-electron chi connectivity index (χ1n) is 24.8. The highest BCUT2D eigenvalue weighted by atomic mass is 16.6. The van der Waals surface area contributed by atoms with Crippen LogP contribution in [0.3, 0.4) is 0 Å². The Labute approximate surface area is 360 Å². The van der Waals surface area contributed by atoms with E-state index in [1.165, 1.54) is 161 Å². The van der Waals surface area contributed by atoms with E-state index in [-0.39, 0.29) is 25.2 Å². The van der Waals surface area contributed by atoms with Crippen LogP contribution >= 0.6 is 0 Å². The zero-order valence-electron chi connectivity index (χ0n) is 38.3. The van der Waals surface area contributed by atoms with Gasteiger partial charge in [-0.3, -0.25) is 9.59 Å². The number of aliphatic hydroxyl groups is 1. The number of rotatable bonds is 45. The molecule has 5 heteroatoms. The molecule has 0 spiro atoms. The minimum Gasteiger partial charge on any atom is -0.462 e. The predicted molar refractivity (Wildman–Crippen MR) is 251 cm³/mol. The Morgan fingerprint density at radius 1 is 0.397 bits per heavy atom. The Kier molecular flexibility index (Phi) is 46.9. The molecule has 0 amide bonds. The molecule has 0 heterocycles. The normalized spacial score (nSPS) is 12.7. The molecule has 0 saturated carbocycles. The van der Waals surface area contributed by atoms with Crippen LogP contribution in [-0.4, -0.2) is 36.4 Å². The molecule has 0 saturated heterocycles. The average molecular weight is 811 g/mol. The van der Waals surface area contributed by atoms with Gasteiger partial charge in [-0.1, -0.05) is 209 Å². The van der Waals surface area contributed by atoms with Crippen LogP contribution in [0.15, 0.2) is 60.8 Å². The summed E-state index contributed by atoms with van der Waals surface area (Å²) in [5.74, 6) is -0.600. The summed E-state index contributed by atoms with van der Waals surface area (Å²) in [5.41, 5.74) is 0. The molecule has 0 aliphatic rings. The fourth-order valence-electron chi connectivity index (χ4n) is 7.00. The molecule has 0 bridgehead atoms. The maximum Gasteiger partial charge on any atom is 0.306 e. The third-order valence-corrected chi connectivity index (χ3v) is 10.8. The van der Waals surface area contributed by atoms with Gasteiger partial charge in [0.05, 0.1) is 6.61 Å². The number of carbonyl (C=O) groups excluding carboxylic acids is 2. The van der Waals surface area contributed by atoms with Crippen LogP contribution in [0, 0.1) is 0 Å². The zero-order valence-corrected chi connectivity index (χ0v) is 38.3. The van der Waals surface area contributed by atoms with Crippen molar-refractivity contribution in [3.63, 3.8) is 0 Å². The first-order valence-corrected chi connectivity index (χ1v) is 24.8. The number of aliphatic hydroxyl groups excluding tert-OH is 1. The van der Waals surface area contributed by atoms with Crippen molar-refractivity contribution in [3.05, 3.63) is 60.8 Å². The molecule has 336 valence electrons. The molecule has 1 unspecified atom stereocenters. The van der Waals surface area contributed by atoms with Crippen LogP contribution in [0.1, 0.15) is 245 Å². The molecule has 1 N–H and O–H groups in total. The first kappa shape index (κ1) is 55.6. The molecule has 0 fully saturated rings. The highest BCUT2D eigenvalue weighted by Crippen LogP contribution is 2.14. The molecule has 5 nitrogen and oxygen atoms in total. The van der Waals surface area contributed by atoms with Crippen LogP contribution in [0.25, 0.3) is 0 Å². The molecule has 58 heavy (non-hydrogen) atoms. The zero-order chi connectivity index (χ0) is 42.1. The smallest absolute Gasteiger partial charge is 0.306 e. The summed E-state index contributed by atoms with van der Waals surface area (Å²) in [5, 5.41) is 9.62. The van der Waals surface area contributed by atoms with Gasteiger partial charge in [0, 0.05) is 12.8 Å². The number of unbranched alkanes of at least 4 members (excludes halogenated alkanes) is 27. The first-order chi connectivity index (χ1) is 28.6. The molecule has 0 radical (unpaired) electrons. The molecule has 0 aliphatic heterocycles. The van der Waals surface area contributed by atoms with Crippen molar-refractivity contribution in [1.82, 2.24) is 0 Å². The van der Waals surface area contributed by atoms with Gasteiger partial charge in [-0.2, -0.15) is 0 Å². The summed E-state index contributed by atoms with van der Waals surface area (Å²) in [6.45, 7) is 4.12. The van der Waals surface area contributed by atoms with E-state index >= 15 is 0 Å². The van der Waals surface area contributed by atoms with Crippen LogP contribution in [-0.2, 0) is 19.1 Å². The highest BCUT2D eigenvalue weighted by Gasteiger charge is 2.16. The summed E-state index contributed by atoms with van der Waals surface area (Å²) < 4.78 is 10.7. The van der Waals surface area contributed by atoms with Gasteiger partial charge in [-0.25, -0.2) is 0 Å². The third-order valence-electron chi connectivity index (χ3n) is 10.8. The van der Waals surface area contributed by atoms with Gasteiger partial charge in [0.2, 0.25) is 0 Å². The van der Waals surface area contributed by atoms with Crippen LogP contribution < -0.4 is 0 Å². The summed E-state index contributed by atoms with van der Waals surface area (Å²) in [6.07, 6.45) is 64.4. The second-order valence-corrected chi connectivity index (χ2v) is 16.5. The van der Waals surface area contributed by atoms with Crippen LogP contribution in [0.2, 0.25) is 0 Å². The van der Waals surface area contributed by atoms with Gasteiger partial charge in [0.1, 0.15) is 6.61 Å². The van der Waals surface area contributed by atoms with E-state index in [4.69, 9.17) is 9.47 Å². The molecule has 0 aromatic heterocycles. The lowest BCUT2D eigenvalue weighted by molar-refractivity contribution is -0.161. The number of esters is 2. The largest absolute Gasteiger partial charge is 0.462 e. The molecule has 0 aromatic rings. The number of allylic oxidation sites excluding steroid dienone is 10. The monoisotopic (exact) mass is 811 g/mol. The number of carbonyl (C=O) groups is 2. The maximum atomic E-state index is 12.3. The van der Waals surface area contributed by atoms with Crippen molar-refractivity contribution in [2.24, 2.45) is 0 Å².